The van der Waals surface area contributed by atoms with Gasteiger partial charge >= 0.3 is 5.97 Å². The Balaban J connectivity index is 1.71. The standard InChI is InChI=1S/C17H21N3O5S3/c1-17(2,3)14-13(27-10-18-14)15(21)19-4-6-20(7-5-19)28(24,25)12-8-11(9-26-12)16(22)23/h8-10H,4-7H2,1-3H3,(H,22,23). The molecule has 2 aromatic heterocycles. The second-order valence-electron chi connectivity index (χ2n) is 7.44. The average molecular weight is 444 g/mol. The summed E-state index contributed by atoms with van der Waals surface area (Å²) in [7, 11) is -3.77. The van der Waals surface area contributed by atoms with Gasteiger partial charge in [-0.05, 0) is 6.07 Å². The first-order valence-corrected chi connectivity index (χ1v) is 11.8. The molecule has 152 valence electrons. The Bertz CT molecular complexity index is 995. The topological polar surface area (TPSA) is 108 Å². The first kappa shape index (κ1) is 20.9. The second kappa shape index (κ2) is 7.54. The molecular weight excluding hydrogens is 422 g/mol. The van der Waals surface area contributed by atoms with Crippen molar-refractivity contribution in [3.05, 3.63) is 33.1 Å². The van der Waals surface area contributed by atoms with Gasteiger partial charge in [-0.1, -0.05) is 20.8 Å². The van der Waals surface area contributed by atoms with Gasteiger partial charge in [-0.2, -0.15) is 4.31 Å². The van der Waals surface area contributed by atoms with Crippen LogP contribution in [0.25, 0.3) is 0 Å². The van der Waals surface area contributed by atoms with Crippen LogP contribution in [-0.2, 0) is 15.4 Å². The summed E-state index contributed by atoms with van der Waals surface area (Å²) in [5.74, 6) is -1.29. The first-order valence-electron chi connectivity index (χ1n) is 8.57. The van der Waals surface area contributed by atoms with Crippen LogP contribution in [0.1, 0.15) is 46.5 Å². The SMILES string of the molecule is CC(C)(C)c1ncsc1C(=O)N1CCN(S(=O)(=O)c2cc(C(=O)O)cs2)CC1. The fraction of sp³-hybridized carbons (Fsp3) is 0.471. The fourth-order valence-corrected chi connectivity index (χ4v) is 6.59. The highest BCUT2D eigenvalue weighted by Gasteiger charge is 2.34. The minimum atomic E-state index is -3.77. The summed E-state index contributed by atoms with van der Waals surface area (Å²) in [5, 5.41) is 10.3. The van der Waals surface area contributed by atoms with Gasteiger partial charge in [-0.25, -0.2) is 18.2 Å². The van der Waals surface area contributed by atoms with Crippen LogP contribution in [0.5, 0.6) is 0 Å². The van der Waals surface area contributed by atoms with Gasteiger partial charge in [-0.3, -0.25) is 4.79 Å². The van der Waals surface area contributed by atoms with E-state index in [1.807, 2.05) is 20.8 Å². The largest absolute Gasteiger partial charge is 0.478 e. The van der Waals surface area contributed by atoms with Crippen LogP contribution in [0.2, 0.25) is 0 Å². The third-order valence-electron chi connectivity index (χ3n) is 4.41. The minimum absolute atomic E-state index is 0.00199. The van der Waals surface area contributed by atoms with Crippen LogP contribution in [0.4, 0.5) is 0 Å². The lowest BCUT2D eigenvalue weighted by atomic mass is 9.91. The number of carboxylic acid groups (broad SMARTS) is 1. The summed E-state index contributed by atoms with van der Waals surface area (Å²) in [6.45, 7) is 6.87. The summed E-state index contributed by atoms with van der Waals surface area (Å²) in [5.41, 5.74) is 2.11. The van der Waals surface area contributed by atoms with Crippen LogP contribution >= 0.6 is 22.7 Å². The molecule has 28 heavy (non-hydrogen) atoms. The number of thiazole rings is 1. The number of hydrogen-bond donors (Lipinski definition) is 1. The molecule has 0 bridgehead atoms. The second-order valence-corrected chi connectivity index (χ2v) is 11.4. The lowest BCUT2D eigenvalue weighted by molar-refractivity contribution is 0.0689. The van der Waals surface area contributed by atoms with Crippen LogP contribution < -0.4 is 0 Å². The number of sulfonamides is 1. The molecule has 0 aliphatic carbocycles. The Morgan fingerprint density at radius 2 is 1.79 bits per heavy atom. The van der Waals surface area contributed by atoms with Gasteiger partial charge in [0.1, 0.15) is 9.09 Å². The molecule has 0 radical (unpaired) electrons. The molecule has 11 heteroatoms. The minimum Gasteiger partial charge on any atom is -0.478 e. The maximum atomic E-state index is 12.9. The van der Waals surface area contributed by atoms with Crippen molar-refractivity contribution in [3.8, 4) is 0 Å². The summed E-state index contributed by atoms with van der Waals surface area (Å²) in [6, 6.07) is 1.17. The van der Waals surface area contributed by atoms with E-state index >= 15 is 0 Å². The monoisotopic (exact) mass is 443 g/mol. The quantitative estimate of drug-likeness (QED) is 0.777. The number of thiophene rings is 1. The summed E-state index contributed by atoms with van der Waals surface area (Å²) >= 11 is 2.19. The Morgan fingerprint density at radius 3 is 2.32 bits per heavy atom. The molecular formula is C17H21N3O5S3. The van der Waals surface area contributed by atoms with E-state index in [9.17, 15) is 18.0 Å². The van der Waals surface area contributed by atoms with Gasteiger partial charge in [0.2, 0.25) is 0 Å². The Morgan fingerprint density at radius 1 is 1.14 bits per heavy atom. The number of piperazine rings is 1. The van der Waals surface area contributed by atoms with E-state index in [2.05, 4.69) is 4.98 Å². The van der Waals surface area contributed by atoms with Crippen molar-refractivity contribution in [1.29, 1.82) is 0 Å². The normalized spacial score (nSPS) is 16.3. The number of aromatic nitrogens is 1. The summed E-state index contributed by atoms with van der Waals surface area (Å²) in [4.78, 5) is 30.5. The highest BCUT2D eigenvalue weighted by Crippen LogP contribution is 2.29. The molecule has 2 aromatic rings. The van der Waals surface area contributed by atoms with E-state index in [1.165, 1.54) is 27.1 Å². The van der Waals surface area contributed by atoms with Gasteiger partial charge in [0.15, 0.2) is 0 Å². The zero-order chi connectivity index (χ0) is 20.7. The number of nitrogens with zero attached hydrogens (tertiary/aromatic N) is 3. The molecule has 0 saturated carbocycles. The van der Waals surface area contributed by atoms with Gasteiger partial charge in [0, 0.05) is 37.0 Å². The maximum Gasteiger partial charge on any atom is 0.336 e. The number of carboxylic acids is 1. The van der Waals surface area contributed by atoms with Crippen molar-refractivity contribution in [3.63, 3.8) is 0 Å². The van der Waals surface area contributed by atoms with Gasteiger partial charge < -0.3 is 10.0 Å². The molecule has 1 amide bonds. The van der Waals surface area contributed by atoms with Crippen molar-refractivity contribution >= 4 is 44.6 Å². The zero-order valence-electron chi connectivity index (χ0n) is 15.7. The molecule has 3 heterocycles. The van der Waals surface area contributed by atoms with Crippen LogP contribution in [-0.4, -0.2) is 65.8 Å². The fourth-order valence-electron chi connectivity index (χ4n) is 2.90. The van der Waals surface area contributed by atoms with Crippen molar-refractivity contribution in [2.45, 2.75) is 30.4 Å². The Kier molecular flexibility index (Phi) is 5.63. The molecule has 0 atom stereocenters. The average Bonchev–Trinajstić information content (AvgIpc) is 3.30. The van der Waals surface area contributed by atoms with Crippen LogP contribution in [0, 0.1) is 0 Å². The summed E-state index contributed by atoms with van der Waals surface area (Å²) in [6.07, 6.45) is 0. The summed E-state index contributed by atoms with van der Waals surface area (Å²) < 4.78 is 26.8. The smallest absolute Gasteiger partial charge is 0.336 e. The van der Waals surface area contributed by atoms with Crippen molar-refractivity contribution < 1.29 is 23.1 Å². The number of hydrogen-bond acceptors (Lipinski definition) is 7. The Labute approximate surface area is 171 Å². The van der Waals surface area contributed by atoms with E-state index in [4.69, 9.17) is 5.11 Å². The van der Waals surface area contributed by atoms with E-state index in [-0.39, 0.29) is 47.3 Å². The van der Waals surface area contributed by atoms with E-state index in [0.717, 1.165) is 17.0 Å². The molecule has 0 unspecified atom stereocenters. The molecule has 1 saturated heterocycles. The van der Waals surface area contributed by atoms with E-state index in [0.29, 0.717) is 4.88 Å². The van der Waals surface area contributed by atoms with E-state index < -0.39 is 16.0 Å². The van der Waals surface area contributed by atoms with Crippen molar-refractivity contribution in [1.82, 2.24) is 14.2 Å². The number of carbonyl (C=O) groups is 2. The van der Waals surface area contributed by atoms with Gasteiger partial charge in [0.05, 0.1) is 16.8 Å². The molecule has 3 rings (SSSR count). The molecule has 1 aliphatic heterocycles. The lowest BCUT2D eigenvalue weighted by Crippen LogP contribution is -2.50. The number of rotatable bonds is 4. The highest BCUT2D eigenvalue weighted by atomic mass is 32.2. The highest BCUT2D eigenvalue weighted by molar-refractivity contribution is 7.91. The predicted molar refractivity (Wildman–Crippen MR) is 107 cm³/mol. The molecule has 0 aromatic carbocycles. The first-order chi connectivity index (χ1) is 13.0. The molecule has 1 fully saturated rings. The van der Waals surface area contributed by atoms with Crippen LogP contribution in [0.15, 0.2) is 21.2 Å². The predicted octanol–water partition coefficient (Wildman–Crippen LogP) is 2.35. The number of aromatic carboxylic acids is 1. The lowest BCUT2D eigenvalue weighted by Gasteiger charge is -2.34. The maximum absolute atomic E-state index is 12.9. The molecule has 8 nitrogen and oxygen atoms in total. The molecule has 1 N–H and O–H groups in total. The van der Waals surface area contributed by atoms with E-state index in [1.54, 1.807) is 10.4 Å². The van der Waals surface area contributed by atoms with Gasteiger partial charge in [-0.15, -0.1) is 22.7 Å². The Hall–Kier alpha value is -1.82. The van der Waals surface area contributed by atoms with Crippen molar-refractivity contribution in [2.75, 3.05) is 26.2 Å². The zero-order valence-corrected chi connectivity index (χ0v) is 18.2. The molecule has 1 aliphatic rings. The van der Waals surface area contributed by atoms with Crippen LogP contribution in [0.3, 0.4) is 0 Å². The molecule has 0 spiro atoms. The van der Waals surface area contributed by atoms with Gasteiger partial charge in [0.25, 0.3) is 15.9 Å². The third kappa shape index (κ3) is 3.97. The third-order valence-corrected chi connectivity index (χ3v) is 8.54. The van der Waals surface area contributed by atoms with Crippen molar-refractivity contribution in [2.24, 2.45) is 0 Å². The number of carbonyl (C=O) groups excluding carboxylic acids is 1. The number of amides is 1.